The number of aliphatic carboxylic acids is 1. The van der Waals surface area contributed by atoms with Crippen molar-refractivity contribution in [3.8, 4) is 5.75 Å². The van der Waals surface area contributed by atoms with Gasteiger partial charge in [0.05, 0.1) is 31.7 Å². The van der Waals surface area contributed by atoms with Crippen molar-refractivity contribution in [2.24, 2.45) is 5.92 Å². The highest BCUT2D eigenvalue weighted by Crippen LogP contribution is 2.30. The summed E-state index contributed by atoms with van der Waals surface area (Å²) in [5, 5.41) is 19.9. The molecule has 2 aromatic carbocycles. The molecule has 0 radical (unpaired) electrons. The monoisotopic (exact) mass is 775 g/mol. The van der Waals surface area contributed by atoms with E-state index in [0.29, 0.717) is 43.8 Å². The predicted octanol–water partition coefficient (Wildman–Crippen LogP) is 2.37. The Kier molecular flexibility index (Phi) is 15.4. The number of fused-ring (bicyclic) bond motifs is 4. The minimum absolute atomic E-state index is 0.0427. The second-order valence-electron chi connectivity index (χ2n) is 14.7. The Morgan fingerprint density at radius 3 is 2.41 bits per heavy atom. The van der Waals surface area contributed by atoms with Crippen molar-refractivity contribution in [1.82, 2.24) is 26.2 Å². The fourth-order valence-electron chi connectivity index (χ4n) is 7.61. The van der Waals surface area contributed by atoms with Crippen molar-refractivity contribution in [2.75, 3.05) is 26.3 Å². The normalized spacial score (nSPS) is 22.0. The van der Waals surface area contributed by atoms with Crippen molar-refractivity contribution in [2.45, 2.75) is 108 Å². The van der Waals surface area contributed by atoms with E-state index in [9.17, 15) is 38.7 Å². The van der Waals surface area contributed by atoms with Crippen LogP contribution in [-0.4, -0.2) is 102 Å². The maximum atomic E-state index is 14.5. The van der Waals surface area contributed by atoms with Gasteiger partial charge in [0.15, 0.2) is 6.04 Å². The van der Waals surface area contributed by atoms with Gasteiger partial charge in [-0.05, 0) is 61.3 Å². The predicted molar refractivity (Wildman–Crippen MR) is 203 cm³/mol. The number of hydrogen-bond acceptors (Lipinski definition) is 9. The van der Waals surface area contributed by atoms with Crippen LogP contribution in [0.15, 0.2) is 54.6 Å². The minimum atomic E-state index is -1.37. The maximum absolute atomic E-state index is 14.5. The molecule has 2 aliphatic heterocycles. The fourth-order valence-corrected chi connectivity index (χ4v) is 7.61. The number of benzene rings is 2. The van der Waals surface area contributed by atoms with E-state index in [1.807, 2.05) is 24.3 Å². The zero-order valence-corrected chi connectivity index (χ0v) is 31.8. The molecule has 56 heavy (non-hydrogen) atoms. The Morgan fingerprint density at radius 2 is 1.68 bits per heavy atom. The summed E-state index contributed by atoms with van der Waals surface area (Å²) >= 11 is 0. The molecule has 2 unspecified atom stereocenters. The largest absolute Gasteiger partial charge is 0.494 e. The Hall–Kier alpha value is -5.31. The number of carboxylic acid groups (broad SMARTS) is 1. The third-order valence-corrected chi connectivity index (χ3v) is 10.5. The van der Waals surface area contributed by atoms with E-state index < -0.39 is 72.2 Å². The Morgan fingerprint density at radius 1 is 0.929 bits per heavy atom. The first-order valence-electron chi connectivity index (χ1n) is 19.7. The highest BCUT2D eigenvalue weighted by atomic mass is 16.5. The molecule has 15 nitrogen and oxygen atoms in total. The Labute approximate surface area is 326 Å². The third-order valence-electron chi connectivity index (χ3n) is 10.5. The smallest absolute Gasteiger partial charge is 0.330 e. The van der Waals surface area contributed by atoms with Crippen LogP contribution < -0.4 is 26.0 Å². The van der Waals surface area contributed by atoms with E-state index in [2.05, 4.69) is 21.3 Å². The van der Waals surface area contributed by atoms with Crippen LogP contribution in [0.25, 0.3) is 0 Å². The summed E-state index contributed by atoms with van der Waals surface area (Å²) in [7, 11) is 0. The first kappa shape index (κ1) is 41.8. The molecule has 5 atom stereocenters. The van der Waals surface area contributed by atoms with Crippen LogP contribution in [0.1, 0.15) is 88.3 Å². The van der Waals surface area contributed by atoms with E-state index in [-0.39, 0.29) is 37.6 Å². The molecule has 5 amide bonds. The van der Waals surface area contributed by atoms with Gasteiger partial charge in [0, 0.05) is 19.6 Å². The number of rotatable bonds is 12. The van der Waals surface area contributed by atoms with Gasteiger partial charge in [-0.25, -0.2) is 4.79 Å². The molecule has 2 fully saturated rings. The van der Waals surface area contributed by atoms with E-state index in [0.717, 1.165) is 37.7 Å². The molecular formula is C41H53N5O10. The van der Waals surface area contributed by atoms with E-state index in [4.69, 9.17) is 9.47 Å². The summed E-state index contributed by atoms with van der Waals surface area (Å²) in [4.78, 5) is 94.4. The van der Waals surface area contributed by atoms with Crippen LogP contribution in [0.5, 0.6) is 5.75 Å². The average molecular weight is 776 g/mol. The lowest BCUT2D eigenvalue weighted by Crippen LogP contribution is -2.58. The molecular weight excluding hydrogens is 722 g/mol. The molecule has 1 saturated carbocycles. The second kappa shape index (κ2) is 20.6. The lowest BCUT2D eigenvalue weighted by Gasteiger charge is -2.35. The van der Waals surface area contributed by atoms with Gasteiger partial charge in [-0.3, -0.25) is 28.8 Å². The van der Waals surface area contributed by atoms with Gasteiger partial charge in [0.2, 0.25) is 29.4 Å². The van der Waals surface area contributed by atoms with Gasteiger partial charge >= 0.3 is 5.97 Å². The Balaban J connectivity index is 1.29. The van der Waals surface area contributed by atoms with Gasteiger partial charge in [0.25, 0.3) is 5.91 Å². The van der Waals surface area contributed by atoms with Gasteiger partial charge in [-0.2, -0.15) is 0 Å². The fraction of sp³-hybridized carbons (Fsp3) is 0.537. The SMILES string of the molecule is CCCC(NC(=O)C1C[C@@H]2CN1C(=O)[C@@H](C1CCCCC1)NC(=O)Cc1cccc(c1)OCCCCO2)C(=O)C(=O)NCC(=O)N[C@H](C(=O)O)c1ccccc1. The lowest BCUT2D eigenvalue weighted by atomic mass is 9.83. The molecule has 0 spiro atoms. The van der Waals surface area contributed by atoms with Gasteiger partial charge < -0.3 is 40.7 Å². The molecule has 5 rings (SSSR count). The number of ether oxygens (including phenoxy) is 2. The van der Waals surface area contributed by atoms with Gasteiger partial charge in [-0.1, -0.05) is 75.1 Å². The number of amides is 5. The molecule has 302 valence electrons. The quantitative estimate of drug-likeness (QED) is 0.199. The molecule has 2 heterocycles. The van der Waals surface area contributed by atoms with Crippen LogP contribution in [0, 0.1) is 5.92 Å². The number of nitrogens with zero attached hydrogens (tertiary/aromatic N) is 1. The van der Waals surface area contributed by atoms with Crippen molar-refractivity contribution >= 4 is 41.3 Å². The first-order chi connectivity index (χ1) is 27.0. The highest BCUT2D eigenvalue weighted by molar-refractivity contribution is 6.38. The lowest BCUT2D eigenvalue weighted by molar-refractivity contribution is -0.144. The number of nitrogens with one attached hydrogen (secondary N) is 4. The van der Waals surface area contributed by atoms with Crippen LogP contribution in [0.3, 0.4) is 0 Å². The number of carbonyl (C=O) groups is 7. The van der Waals surface area contributed by atoms with E-state index in [1.54, 1.807) is 25.1 Å². The van der Waals surface area contributed by atoms with Crippen molar-refractivity contribution < 1.29 is 48.1 Å². The summed E-state index contributed by atoms with van der Waals surface area (Å²) in [6.45, 7) is 2.03. The number of ketones is 1. The molecule has 15 heteroatoms. The van der Waals surface area contributed by atoms with Gasteiger partial charge in [0.1, 0.15) is 17.8 Å². The van der Waals surface area contributed by atoms with Gasteiger partial charge in [-0.15, -0.1) is 0 Å². The van der Waals surface area contributed by atoms with Crippen LogP contribution in [0.2, 0.25) is 0 Å². The molecule has 2 aromatic rings. The highest BCUT2D eigenvalue weighted by Gasteiger charge is 2.45. The second-order valence-corrected chi connectivity index (χ2v) is 14.7. The summed E-state index contributed by atoms with van der Waals surface area (Å²) in [6.07, 6.45) is 5.95. The molecule has 5 N–H and O–H groups in total. The van der Waals surface area contributed by atoms with Crippen LogP contribution >= 0.6 is 0 Å². The molecule has 1 saturated heterocycles. The third kappa shape index (κ3) is 11.6. The maximum Gasteiger partial charge on any atom is 0.330 e. The zero-order chi connectivity index (χ0) is 40.0. The molecule has 1 aliphatic carbocycles. The van der Waals surface area contributed by atoms with E-state index >= 15 is 0 Å². The van der Waals surface area contributed by atoms with Crippen LogP contribution in [0.4, 0.5) is 0 Å². The van der Waals surface area contributed by atoms with Crippen molar-refractivity contribution in [3.63, 3.8) is 0 Å². The summed E-state index contributed by atoms with van der Waals surface area (Å²) < 4.78 is 12.1. The van der Waals surface area contributed by atoms with E-state index in [1.165, 1.54) is 17.0 Å². The summed E-state index contributed by atoms with van der Waals surface area (Å²) in [6, 6.07) is 10.8. The summed E-state index contributed by atoms with van der Waals surface area (Å²) in [5.74, 6) is -5.08. The minimum Gasteiger partial charge on any atom is -0.494 e. The topological polar surface area (TPSA) is 210 Å². The molecule has 3 aliphatic rings. The standard InChI is InChI=1S/C41H53N5O10/c1-2-12-31(37(49)39(51)42-24-34(48)45-36(41(53)54)28-16-7-4-8-17-28)43-38(50)32-23-30-25-46(32)40(52)35(27-14-5-3-6-15-27)44-33(47)22-26-13-11-18-29(21-26)55-19-9-10-20-56-30/h4,7-8,11,13,16-18,21,27,30-32,35-36H,2-3,5-6,9-10,12,14-15,19-20,22-25H2,1H3,(H,42,51)(H,43,50)(H,44,47)(H,45,48)(H,53,54)/t30-,31?,32?,35-,36+/m1/s1. The molecule has 0 aromatic heterocycles. The Bertz CT molecular complexity index is 1720. The number of carbonyl (C=O) groups excluding carboxylic acids is 6. The molecule has 4 bridgehead atoms. The van der Waals surface area contributed by atoms with Crippen molar-refractivity contribution in [3.05, 3.63) is 65.7 Å². The number of carboxylic acids is 1. The first-order valence-corrected chi connectivity index (χ1v) is 19.7. The number of hydrogen-bond donors (Lipinski definition) is 5. The number of Topliss-reactive ketones (excluding diaryl/α,β-unsaturated/α-hetero) is 1. The van der Waals surface area contributed by atoms with Crippen LogP contribution in [-0.2, 0) is 44.7 Å². The zero-order valence-electron chi connectivity index (χ0n) is 31.8. The summed E-state index contributed by atoms with van der Waals surface area (Å²) in [5.41, 5.74) is 1.07. The van der Waals surface area contributed by atoms with Crippen molar-refractivity contribution in [1.29, 1.82) is 0 Å². The average Bonchev–Trinajstić information content (AvgIpc) is 3.63.